The highest BCUT2D eigenvalue weighted by Crippen LogP contribution is 2.34. The van der Waals surface area contributed by atoms with Crippen LogP contribution in [0.3, 0.4) is 0 Å². The number of ether oxygens (including phenoxy) is 1. The predicted molar refractivity (Wildman–Crippen MR) is 83.8 cm³/mol. The van der Waals surface area contributed by atoms with E-state index >= 15 is 0 Å². The summed E-state index contributed by atoms with van der Waals surface area (Å²) < 4.78 is 7.32. The van der Waals surface area contributed by atoms with Crippen molar-refractivity contribution < 1.29 is 9.53 Å². The van der Waals surface area contributed by atoms with Crippen LogP contribution in [0, 0.1) is 0 Å². The van der Waals surface area contributed by atoms with Crippen molar-refractivity contribution in [3.05, 3.63) is 65.3 Å². The zero-order valence-electron chi connectivity index (χ0n) is 11.5. The predicted octanol–water partition coefficient (Wildman–Crippen LogP) is 4.27. The van der Waals surface area contributed by atoms with E-state index in [0.29, 0.717) is 17.3 Å². The molecule has 0 unspecified atom stereocenters. The lowest BCUT2D eigenvalue weighted by atomic mass is 10.2. The average molecular weight is 300 g/mol. The van der Waals surface area contributed by atoms with Crippen LogP contribution in [0.2, 0.25) is 5.02 Å². The molecule has 3 nitrogen and oxygen atoms in total. The van der Waals surface area contributed by atoms with E-state index in [-0.39, 0.29) is 5.97 Å². The van der Waals surface area contributed by atoms with Crippen LogP contribution < -0.4 is 4.74 Å². The molecule has 0 saturated heterocycles. The van der Waals surface area contributed by atoms with Crippen molar-refractivity contribution in [3.63, 3.8) is 0 Å². The average Bonchev–Trinajstić information content (AvgIpc) is 2.78. The lowest BCUT2D eigenvalue weighted by Crippen LogP contribution is -2.01. The molecule has 0 bridgehead atoms. The molecule has 0 amide bonds. The van der Waals surface area contributed by atoms with Gasteiger partial charge in [-0.15, -0.1) is 0 Å². The molecule has 0 spiro atoms. The first-order valence-electron chi connectivity index (χ1n) is 6.65. The smallest absolute Gasteiger partial charge is 0.308 e. The van der Waals surface area contributed by atoms with Gasteiger partial charge in [-0.05, 0) is 17.7 Å². The Bertz CT molecular complexity index is 793. The summed E-state index contributed by atoms with van der Waals surface area (Å²) in [5.74, 6) is 0.146. The largest absolute Gasteiger partial charge is 0.424 e. The van der Waals surface area contributed by atoms with Gasteiger partial charge < -0.3 is 9.30 Å². The number of esters is 1. The van der Waals surface area contributed by atoms with Gasteiger partial charge in [0, 0.05) is 19.7 Å². The van der Waals surface area contributed by atoms with E-state index < -0.39 is 0 Å². The fourth-order valence-corrected chi connectivity index (χ4v) is 2.68. The van der Waals surface area contributed by atoms with Crippen LogP contribution in [-0.4, -0.2) is 10.5 Å². The molecule has 4 heteroatoms. The normalized spacial score (nSPS) is 10.8. The van der Waals surface area contributed by atoms with Gasteiger partial charge in [0.15, 0.2) is 5.75 Å². The molecule has 1 aromatic heterocycles. The fraction of sp³-hybridized carbons (Fsp3) is 0.118. The highest BCUT2D eigenvalue weighted by Gasteiger charge is 2.14. The van der Waals surface area contributed by atoms with Gasteiger partial charge >= 0.3 is 5.97 Å². The Kier molecular flexibility index (Phi) is 3.67. The molecule has 0 saturated carbocycles. The van der Waals surface area contributed by atoms with Crippen molar-refractivity contribution in [2.24, 2.45) is 0 Å². The minimum atomic E-state index is -0.353. The third-order valence-electron chi connectivity index (χ3n) is 3.27. The van der Waals surface area contributed by atoms with Gasteiger partial charge in [-0.1, -0.05) is 48.0 Å². The summed E-state index contributed by atoms with van der Waals surface area (Å²) in [7, 11) is 0. The molecular formula is C17H14ClNO2. The lowest BCUT2D eigenvalue weighted by Gasteiger charge is -2.05. The van der Waals surface area contributed by atoms with Crippen molar-refractivity contribution >= 4 is 28.5 Å². The number of nitrogens with zero attached hydrogens (tertiary/aromatic N) is 1. The molecule has 2 aromatic carbocycles. The van der Waals surface area contributed by atoms with Gasteiger partial charge in [0.25, 0.3) is 0 Å². The summed E-state index contributed by atoms with van der Waals surface area (Å²) in [6, 6.07) is 15.8. The van der Waals surface area contributed by atoms with E-state index in [1.165, 1.54) is 12.5 Å². The van der Waals surface area contributed by atoms with Crippen LogP contribution in [-0.2, 0) is 11.3 Å². The number of hydrogen-bond acceptors (Lipinski definition) is 2. The number of fused-ring (bicyclic) bond motifs is 1. The van der Waals surface area contributed by atoms with Gasteiger partial charge in [0.2, 0.25) is 0 Å². The molecule has 0 atom stereocenters. The molecule has 0 radical (unpaired) electrons. The van der Waals surface area contributed by atoms with Crippen LogP contribution in [0.15, 0.2) is 54.7 Å². The van der Waals surface area contributed by atoms with Crippen LogP contribution in [0.5, 0.6) is 5.75 Å². The second kappa shape index (κ2) is 5.62. The number of halogens is 1. The summed E-state index contributed by atoms with van der Waals surface area (Å²) in [5, 5.41) is 1.35. The highest BCUT2D eigenvalue weighted by molar-refractivity contribution is 6.36. The minimum Gasteiger partial charge on any atom is -0.424 e. The molecule has 0 aliphatic rings. The molecule has 106 valence electrons. The first-order valence-corrected chi connectivity index (χ1v) is 7.02. The molecule has 0 aliphatic carbocycles. The Morgan fingerprint density at radius 2 is 1.90 bits per heavy atom. The summed E-state index contributed by atoms with van der Waals surface area (Å²) >= 11 is 6.26. The van der Waals surface area contributed by atoms with Gasteiger partial charge in [-0.25, -0.2) is 0 Å². The Balaban J connectivity index is 2.10. The van der Waals surface area contributed by atoms with Gasteiger partial charge in [0.05, 0.1) is 15.9 Å². The first kappa shape index (κ1) is 13.7. The Labute approximate surface area is 127 Å². The van der Waals surface area contributed by atoms with Gasteiger partial charge in [-0.2, -0.15) is 0 Å². The molecule has 0 N–H and O–H groups in total. The van der Waals surface area contributed by atoms with E-state index in [1.54, 1.807) is 6.07 Å². The van der Waals surface area contributed by atoms with Crippen LogP contribution in [0.4, 0.5) is 0 Å². The number of carbonyl (C=O) groups is 1. The van der Waals surface area contributed by atoms with Crippen molar-refractivity contribution in [2.45, 2.75) is 13.5 Å². The molecule has 21 heavy (non-hydrogen) atoms. The van der Waals surface area contributed by atoms with Crippen molar-refractivity contribution in [1.29, 1.82) is 0 Å². The number of rotatable bonds is 3. The Morgan fingerprint density at radius 1 is 1.14 bits per heavy atom. The monoisotopic (exact) mass is 299 g/mol. The maximum atomic E-state index is 11.3. The quantitative estimate of drug-likeness (QED) is 0.676. The number of carbonyl (C=O) groups excluding carboxylic acids is 1. The third-order valence-corrected chi connectivity index (χ3v) is 3.58. The fourth-order valence-electron chi connectivity index (χ4n) is 2.41. The second-order valence-corrected chi connectivity index (χ2v) is 5.24. The summed E-state index contributed by atoms with van der Waals surface area (Å²) in [6.07, 6.45) is 1.82. The Hall–Kier alpha value is -2.26. The number of aromatic nitrogens is 1. The van der Waals surface area contributed by atoms with Crippen molar-refractivity contribution in [3.8, 4) is 5.75 Å². The van der Waals surface area contributed by atoms with E-state index in [2.05, 4.69) is 12.1 Å². The van der Waals surface area contributed by atoms with Gasteiger partial charge in [0.1, 0.15) is 0 Å². The van der Waals surface area contributed by atoms with Gasteiger partial charge in [-0.3, -0.25) is 4.79 Å². The first-order chi connectivity index (χ1) is 10.1. The maximum absolute atomic E-state index is 11.3. The standard InChI is InChI=1S/C17H14ClNO2/c1-12(20)21-16-11-19(10-13-6-3-2-4-7-13)15-9-5-8-14(18)17(15)16/h2-9,11H,10H2,1H3. The zero-order chi connectivity index (χ0) is 14.8. The lowest BCUT2D eigenvalue weighted by molar-refractivity contribution is -0.131. The van der Waals surface area contributed by atoms with Crippen LogP contribution in [0.1, 0.15) is 12.5 Å². The van der Waals surface area contributed by atoms with E-state index in [1.807, 2.05) is 41.1 Å². The van der Waals surface area contributed by atoms with Crippen molar-refractivity contribution in [2.75, 3.05) is 0 Å². The Morgan fingerprint density at radius 3 is 2.62 bits per heavy atom. The summed E-state index contributed by atoms with van der Waals surface area (Å²) in [5.41, 5.74) is 2.12. The molecular weight excluding hydrogens is 286 g/mol. The van der Waals surface area contributed by atoms with E-state index in [0.717, 1.165) is 10.9 Å². The number of benzene rings is 2. The topological polar surface area (TPSA) is 31.2 Å². The number of hydrogen-bond donors (Lipinski definition) is 0. The minimum absolute atomic E-state index is 0.353. The van der Waals surface area contributed by atoms with Crippen molar-refractivity contribution in [1.82, 2.24) is 4.57 Å². The summed E-state index contributed by atoms with van der Waals surface area (Å²) in [6.45, 7) is 2.08. The molecule has 1 heterocycles. The second-order valence-electron chi connectivity index (χ2n) is 4.83. The zero-order valence-corrected chi connectivity index (χ0v) is 12.3. The molecule has 0 aliphatic heterocycles. The molecule has 0 fully saturated rings. The molecule has 3 aromatic rings. The van der Waals surface area contributed by atoms with Crippen LogP contribution in [0.25, 0.3) is 10.9 Å². The third kappa shape index (κ3) is 2.78. The molecule has 3 rings (SSSR count). The van der Waals surface area contributed by atoms with E-state index in [4.69, 9.17) is 16.3 Å². The highest BCUT2D eigenvalue weighted by atomic mass is 35.5. The maximum Gasteiger partial charge on any atom is 0.308 e. The van der Waals surface area contributed by atoms with E-state index in [9.17, 15) is 4.79 Å². The summed E-state index contributed by atoms with van der Waals surface area (Å²) in [4.78, 5) is 11.3. The SMILES string of the molecule is CC(=O)Oc1cn(Cc2ccccc2)c2cccc(Cl)c12. The van der Waals surface area contributed by atoms with Crippen LogP contribution >= 0.6 is 11.6 Å².